The molecule has 0 aliphatic carbocycles. The summed E-state index contributed by atoms with van der Waals surface area (Å²) in [5.41, 5.74) is 0. The van der Waals surface area contributed by atoms with Crippen molar-refractivity contribution in [2.24, 2.45) is 0 Å². The summed E-state index contributed by atoms with van der Waals surface area (Å²) in [6, 6.07) is 0. The molecule has 0 rings (SSSR count). The molecule has 0 aromatic carbocycles. The van der Waals surface area contributed by atoms with Crippen LogP contribution in [0.5, 0.6) is 0 Å². The average molecular weight is 183 g/mol. The van der Waals surface area contributed by atoms with Crippen LogP contribution in [0.15, 0.2) is 24.9 Å². The Balaban J connectivity index is 3.70. The van der Waals surface area contributed by atoms with Crippen molar-refractivity contribution in [3.05, 3.63) is 24.9 Å². The highest BCUT2D eigenvalue weighted by molar-refractivity contribution is 5.68. The Morgan fingerprint density at radius 3 is 2.77 bits per heavy atom. The first-order valence-corrected chi connectivity index (χ1v) is 4.39. The van der Waals surface area contributed by atoms with Crippen LogP contribution in [0.2, 0.25) is 0 Å². The zero-order chi connectivity index (χ0) is 10.1. The molecule has 0 N–H and O–H groups in total. The highest BCUT2D eigenvalue weighted by atomic mass is 16.5. The summed E-state index contributed by atoms with van der Waals surface area (Å²) >= 11 is 0. The van der Waals surface area contributed by atoms with Gasteiger partial charge in [-0.05, 0) is 19.8 Å². The lowest BCUT2D eigenvalue weighted by molar-refractivity contribution is 0.129. The van der Waals surface area contributed by atoms with Crippen molar-refractivity contribution in [3.8, 4) is 0 Å². The molecule has 0 bridgehead atoms. The monoisotopic (exact) mass is 183 g/mol. The summed E-state index contributed by atoms with van der Waals surface area (Å²) in [6.07, 6.45) is 6.97. The molecule has 0 saturated carbocycles. The lowest BCUT2D eigenvalue weighted by Crippen LogP contribution is -2.21. The largest absolute Gasteiger partial charge is 0.449 e. The normalized spacial score (nSPS) is 10.0. The minimum absolute atomic E-state index is 0.322. The molecule has 0 aromatic rings. The predicted molar refractivity (Wildman–Crippen MR) is 53.4 cm³/mol. The smallest absolute Gasteiger partial charge is 0.413 e. The number of allylic oxidation sites excluding steroid dienone is 2. The number of carbonyl (C=O) groups excluding carboxylic acids is 1. The van der Waals surface area contributed by atoms with Gasteiger partial charge in [0.2, 0.25) is 0 Å². The summed E-state index contributed by atoms with van der Waals surface area (Å²) in [5.74, 6) is 0. The summed E-state index contributed by atoms with van der Waals surface area (Å²) in [7, 11) is 1.67. The maximum Gasteiger partial charge on any atom is 0.413 e. The van der Waals surface area contributed by atoms with Gasteiger partial charge in [0.1, 0.15) is 0 Å². The molecular weight excluding hydrogens is 166 g/mol. The molecule has 0 saturated heterocycles. The Labute approximate surface area is 79.7 Å². The Kier molecular flexibility index (Phi) is 6.69. The third kappa shape index (κ3) is 5.96. The molecule has 3 heteroatoms. The van der Waals surface area contributed by atoms with Gasteiger partial charge in [0.15, 0.2) is 0 Å². The van der Waals surface area contributed by atoms with Crippen LogP contribution in [-0.4, -0.2) is 24.6 Å². The zero-order valence-electron chi connectivity index (χ0n) is 8.32. The summed E-state index contributed by atoms with van der Waals surface area (Å²) in [6.45, 7) is 5.79. The third-order valence-corrected chi connectivity index (χ3v) is 1.42. The fourth-order valence-corrected chi connectivity index (χ4v) is 0.733. The molecule has 0 aliphatic rings. The van der Waals surface area contributed by atoms with Crippen molar-refractivity contribution in [3.63, 3.8) is 0 Å². The third-order valence-electron chi connectivity index (χ3n) is 1.42. The van der Waals surface area contributed by atoms with Crippen LogP contribution in [0.1, 0.15) is 19.8 Å². The number of carbonyl (C=O) groups is 1. The maximum atomic E-state index is 11.0. The SMILES string of the molecule is C=CCC/C=C/N(C)C(=O)OCC. The highest BCUT2D eigenvalue weighted by Gasteiger charge is 2.03. The molecule has 0 aromatic heterocycles. The first-order valence-electron chi connectivity index (χ1n) is 4.39. The molecule has 0 aliphatic heterocycles. The van der Waals surface area contributed by atoms with Crippen molar-refractivity contribution >= 4 is 6.09 Å². The number of hydrogen-bond acceptors (Lipinski definition) is 2. The Bertz CT molecular complexity index is 187. The van der Waals surface area contributed by atoms with E-state index in [2.05, 4.69) is 6.58 Å². The molecule has 1 amide bonds. The van der Waals surface area contributed by atoms with E-state index in [9.17, 15) is 4.79 Å². The quantitative estimate of drug-likeness (QED) is 0.484. The van der Waals surface area contributed by atoms with E-state index in [1.165, 1.54) is 4.90 Å². The number of rotatable bonds is 5. The standard InChI is InChI=1S/C10H17NO2/c1-4-6-7-8-9-11(3)10(12)13-5-2/h4,8-9H,1,5-7H2,2-3H3/b9-8+. The molecule has 74 valence electrons. The number of unbranched alkanes of at least 4 members (excludes halogenated alkanes) is 1. The number of amides is 1. The van der Waals surface area contributed by atoms with E-state index in [0.717, 1.165) is 12.8 Å². The first-order chi connectivity index (χ1) is 6.22. The summed E-state index contributed by atoms with van der Waals surface area (Å²) < 4.78 is 4.78. The Morgan fingerprint density at radius 2 is 2.23 bits per heavy atom. The van der Waals surface area contributed by atoms with Crippen molar-refractivity contribution < 1.29 is 9.53 Å². The molecule has 0 radical (unpaired) electrons. The Hall–Kier alpha value is -1.25. The maximum absolute atomic E-state index is 11.0. The van der Waals surface area contributed by atoms with Crippen LogP contribution in [-0.2, 0) is 4.74 Å². The minimum atomic E-state index is -0.322. The minimum Gasteiger partial charge on any atom is -0.449 e. The van der Waals surface area contributed by atoms with E-state index in [1.54, 1.807) is 20.2 Å². The van der Waals surface area contributed by atoms with Gasteiger partial charge in [-0.15, -0.1) is 6.58 Å². The van der Waals surface area contributed by atoms with Crippen LogP contribution in [0, 0.1) is 0 Å². The second-order valence-electron chi connectivity index (χ2n) is 2.56. The van der Waals surface area contributed by atoms with Crippen LogP contribution in [0.25, 0.3) is 0 Å². The van der Waals surface area contributed by atoms with Gasteiger partial charge in [-0.25, -0.2) is 4.79 Å². The molecule has 3 nitrogen and oxygen atoms in total. The van der Waals surface area contributed by atoms with Gasteiger partial charge in [-0.3, -0.25) is 4.90 Å². The number of nitrogens with zero attached hydrogens (tertiary/aromatic N) is 1. The van der Waals surface area contributed by atoms with Gasteiger partial charge in [-0.2, -0.15) is 0 Å². The molecule has 0 atom stereocenters. The molecule has 0 unspecified atom stereocenters. The number of ether oxygens (including phenoxy) is 1. The van der Waals surface area contributed by atoms with Crippen LogP contribution < -0.4 is 0 Å². The molecular formula is C10H17NO2. The molecule has 0 fully saturated rings. The Morgan fingerprint density at radius 1 is 1.54 bits per heavy atom. The predicted octanol–water partition coefficient (Wildman–Crippen LogP) is 2.55. The molecule has 0 heterocycles. The second-order valence-corrected chi connectivity index (χ2v) is 2.56. The van der Waals surface area contributed by atoms with E-state index in [-0.39, 0.29) is 6.09 Å². The van der Waals surface area contributed by atoms with E-state index in [1.807, 2.05) is 12.2 Å². The van der Waals surface area contributed by atoms with Crippen molar-refractivity contribution in [2.75, 3.05) is 13.7 Å². The fourth-order valence-electron chi connectivity index (χ4n) is 0.733. The summed E-state index contributed by atoms with van der Waals surface area (Å²) in [4.78, 5) is 12.5. The number of hydrogen-bond donors (Lipinski definition) is 0. The van der Waals surface area contributed by atoms with Gasteiger partial charge < -0.3 is 4.74 Å². The molecule has 0 spiro atoms. The fraction of sp³-hybridized carbons (Fsp3) is 0.500. The van der Waals surface area contributed by atoms with Crippen molar-refractivity contribution in [1.29, 1.82) is 0 Å². The highest BCUT2D eigenvalue weighted by Crippen LogP contribution is 1.95. The van der Waals surface area contributed by atoms with Gasteiger partial charge in [0.05, 0.1) is 6.61 Å². The lowest BCUT2D eigenvalue weighted by atomic mass is 10.3. The van der Waals surface area contributed by atoms with E-state index in [0.29, 0.717) is 6.61 Å². The van der Waals surface area contributed by atoms with Gasteiger partial charge in [0.25, 0.3) is 0 Å². The van der Waals surface area contributed by atoms with Crippen molar-refractivity contribution in [2.45, 2.75) is 19.8 Å². The molecule has 13 heavy (non-hydrogen) atoms. The van der Waals surface area contributed by atoms with Crippen LogP contribution >= 0.6 is 0 Å². The van der Waals surface area contributed by atoms with Gasteiger partial charge in [-0.1, -0.05) is 12.2 Å². The van der Waals surface area contributed by atoms with E-state index in [4.69, 9.17) is 4.74 Å². The summed E-state index contributed by atoms with van der Waals surface area (Å²) in [5, 5.41) is 0. The first kappa shape index (κ1) is 11.8. The van der Waals surface area contributed by atoms with Crippen LogP contribution in [0.3, 0.4) is 0 Å². The van der Waals surface area contributed by atoms with E-state index >= 15 is 0 Å². The average Bonchev–Trinajstić information content (AvgIpc) is 2.12. The topological polar surface area (TPSA) is 29.5 Å². The van der Waals surface area contributed by atoms with Gasteiger partial charge in [0, 0.05) is 13.2 Å². The van der Waals surface area contributed by atoms with Crippen LogP contribution in [0.4, 0.5) is 4.79 Å². The zero-order valence-corrected chi connectivity index (χ0v) is 8.32. The second kappa shape index (κ2) is 7.40. The van der Waals surface area contributed by atoms with E-state index < -0.39 is 0 Å². The van der Waals surface area contributed by atoms with Crippen molar-refractivity contribution in [1.82, 2.24) is 4.90 Å². The van der Waals surface area contributed by atoms with Gasteiger partial charge >= 0.3 is 6.09 Å². The lowest BCUT2D eigenvalue weighted by Gasteiger charge is -2.10.